The summed E-state index contributed by atoms with van der Waals surface area (Å²) in [6.07, 6.45) is 5.15. The molecule has 138 valence electrons. The summed E-state index contributed by atoms with van der Waals surface area (Å²) in [4.78, 5) is 14.6. The number of benzene rings is 2. The van der Waals surface area contributed by atoms with Crippen molar-refractivity contribution in [3.8, 4) is 0 Å². The number of nitrogens with zero attached hydrogens (tertiary/aromatic N) is 1. The molecule has 2 bridgehead atoms. The van der Waals surface area contributed by atoms with Gasteiger partial charge in [0.1, 0.15) is 6.61 Å². The molecule has 27 heavy (non-hydrogen) atoms. The van der Waals surface area contributed by atoms with Crippen LogP contribution in [0, 0.1) is 0 Å². The number of carbonyl (C=O) groups excluding carboxylic acids is 1. The van der Waals surface area contributed by atoms with Crippen molar-refractivity contribution in [3.05, 3.63) is 76.9 Å². The first-order valence-corrected chi connectivity index (χ1v) is 9.67. The summed E-state index contributed by atoms with van der Waals surface area (Å²) >= 11 is 0. The lowest BCUT2D eigenvalue weighted by Gasteiger charge is -2.44. The third-order valence-electron chi connectivity index (χ3n) is 5.86. The quantitative estimate of drug-likeness (QED) is 0.830. The van der Waals surface area contributed by atoms with Crippen molar-refractivity contribution in [2.24, 2.45) is 0 Å². The van der Waals surface area contributed by atoms with Crippen LogP contribution in [0.15, 0.2) is 54.6 Å². The summed E-state index contributed by atoms with van der Waals surface area (Å²) in [7, 11) is 0. The van der Waals surface area contributed by atoms with E-state index in [-0.39, 0.29) is 18.2 Å². The molecule has 2 aromatic rings. The summed E-state index contributed by atoms with van der Waals surface area (Å²) < 4.78 is 11.3. The fraction of sp³-hybridized carbons (Fsp3) is 0.348. The van der Waals surface area contributed by atoms with E-state index in [2.05, 4.69) is 24.3 Å². The number of carbonyl (C=O) groups is 1. The van der Waals surface area contributed by atoms with Crippen LogP contribution >= 0.6 is 0 Å². The van der Waals surface area contributed by atoms with E-state index in [0.717, 1.165) is 12.0 Å². The number of amides is 1. The zero-order valence-corrected chi connectivity index (χ0v) is 15.3. The molecule has 5 rings (SSSR count). The second-order valence-corrected chi connectivity index (χ2v) is 7.59. The normalized spacial score (nSPS) is 23.1. The molecule has 0 aromatic heterocycles. The standard InChI is InChI=1S/C23H23NO3/c25-23(27-13-16-4-2-1-3-5-16)24-21-11-20(12-22(24)15-26-14-21)19-9-7-17-6-8-18(17)10-19/h1-5,7,9-11,21-22H,6,8,12-15H2. The molecule has 4 heteroatoms. The Morgan fingerprint density at radius 3 is 2.67 bits per heavy atom. The van der Waals surface area contributed by atoms with Crippen molar-refractivity contribution in [2.75, 3.05) is 13.2 Å². The topological polar surface area (TPSA) is 38.8 Å². The van der Waals surface area contributed by atoms with Gasteiger partial charge in [-0.2, -0.15) is 0 Å². The molecule has 0 saturated carbocycles. The highest BCUT2D eigenvalue weighted by molar-refractivity contribution is 5.75. The second kappa shape index (κ2) is 6.86. The molecule has 1 fully saturated rings. The van der Waals surface area contributed by atoms with Crippen molar-refractivity contribution >= 4 is 11.7 Å². The van der Waals surface area contributed by atoms with Crippen molar-refractivity contribution in [2.45, 2.75) is 38.0 Å². The van der Waals surface area contributed by atoms with E-state index < -0.39 is 0 Å². The molecule has 2 atom stereocenters. The lowest BCUT2D eigenvalue weighted by molar-refractivity contribution is -0.0342. The first kappa shape index (κ1) is 16.6. The van der Waals surface area contributed by atoms with E-state index in [0.29, 0.717) is 19.8 Å². The number of morpholine rings is 1. The molecule has 2 unspecified atom stereocenters. The summed E-state index contributed by atoms with van der Waals surface area (Å²) in [5.74, 6) is 0. The Bertz CT molecular complexity index is 890. The van der Waals surface area contributed by atoms with Gasteiger partial charge in [0.15, 0.2) is 0 Å². The van der Waals surface area contributed by atoms with E-state index in [1.165, 1.54) is 35.1 Å². The minimum Gasteiger partial charge on any atom is -0.445 e. The van der Waals surface area contributed by atoms with Gasteiger partial charge in [0.2, 0.25) is 0 Å². The number of hydrogen-bond acceptors (Lipinski definition) is 3. The Balaban J connectivity index is 1.33. The molecule has 0 N–H and O–H groups in total. The van der Waals surface area contributed by atoms with Crippen molar-refractivity contribution in [1.82, 2.24) is 4.90 Å². The van der Waals surface area contributed by atoms with Gasteiger partial charge in [-0.15, -0.1) is 0 Å². The first-order valence-electron chi connectivity index (χ1n) is 9.67. The number of aryl methyl sites for hydroxylation is 2. The van der Waals surface area contributed by atoms with Gasteiger partial charge in [0, 0.05) is 0 Å². The van der Waals surface area contributed by atoms with Crippen LogP contribution in [0.5, 0.6) is 0 Å². The summed E-state index contributed by atoms with van der Waals surface area (Å²) in [6.45, 7) is 1.41. The average Bonchev–Trinajstić information content (AvgIpc) is 2.67. The maximum atomic E-state index is 12.8. The van der Waals surface area contributed by atoms with Crippen LogP contribution in [0.25, 0.3) is 5.57 Å². The highest BCUT2D eigenvalue weighted by Crippen LogP contribution is 2.35. The van der Waals surface area contributed by atoms with Gasteiger partial charge in [-0.1, -0.05) is 54.6 Å². The number of fused-ring (bicyclic) bond motifs is 3. The summed E-state index contributed by atoms with van der Waals surface area (Å²) in [5, 5.41) is 0. The van der Waals surface area contributed by atoms with Gasteiger partial charge < -0.3 is 9.47 Å². The molecule has 3 aliphatic rings. The molecular weight excluding hydrogens is 338 g/mol. The van der Waals surface area contributed by atoms with Crippen molar-refractivity contribution in [1.29, 1.82) is 0 Å². The van der Waals surface area contributed by atoms with E-state index in [4.69, 9.17) is 9.47 Å². The Labute approximate surface area is 159 Å². The van der Waals surface area contributed by atoms with Crippen LogP contribution in [0.4, 0.5) is 4.79 Å². The lowest BCUT2D eigenvalue weighted by Crippen LogP contribution is -2.56. The Hall–Kier alpha value is -2.59. The van der Waals surface area contributed by atoms with Gasteiger partial charge in [-0.05, 0) is 47.1 Å². The molecule has 4 nitrogen and oxygen atoms in total. The third kappa shape index (κ3) is 3.15. The lowest BCUT2D eigenvalue weighted by atomic mass is 9.83. The minimum absolute atomic E-state index is 0.0399. The predicted octanol–water partition coefficient (Wildman–Crippen LogP) is 3.98. The molecule has 1 saturated heterocycles. The van der Waals surface area contributed by atoms with E-state index >= 15 is 0 Å². The smallest absolute Gasteiger partial charge is 0.411 e. The van der Waals surface area contributed by atoms with Gasteiger partial charge >= 0.3 is 6.09 Å². The summed E-state index contributed by atoms with van der Waals surface area (Å²) in [5.41, 5.74) is 6.57. The van der Waals surface area contributed by atoms with Crippen LogP contribution in [0.2, 0.25) is 0 Å². The van der Waals surface area contributed by atoms with Gasteiger partial charge in [-0.3, -0.25) is 4.90 Å². The van der Waals surface area contributed by atoms with Crippen LogP contribution in [-0.4, -0.2) is 36.3 Å². The molecule has 0 radical (unpaired) electrons. The monoisotopic (exact) mass is 361 g/mol. The molecular formula is C23H23NO3. The van der Waals surface area contributed by atoms with E-state index in [9.17, 15) is 4.79 Å². The Morgan fingerprint density at radius 2 is 1.93 bits per heavy atom. The minimum atomic E-state index is -0.246. The molecule has 0 spiro atoms. The highest BCUT2D eigenvalue weighted by Gasteiger charge is 2.39. The predicted molar refractivity (Wildman–Crippen MR) is 103 cm³/mol. The summed E-state index contributed by atoms with van der Waals surface area (Å²) in [6, 6.07) is 16.6. The maximum Gasteiger partial charge on any atom is 0.411 e. The molecule has 1 amide bonds. The Kier molecular flexibility index (Phi) is 4.21. The van der Waals surface area contributed by atoms with Gasteiger partial charge in [0.05, 0.1) is 25.3 Å². The van der Waals surface area contributed by atoms with Crippen LogP contribution in [-0.2, 0) is 28.9 Å². The van der Waals surface area contributed by atoms with Crippen LogP contribution in [0.1, 0.15) is 28.7 Å². The van der Waals surface area contributed by atoms with Gasteiger partial charge in [0.25, 0.3) is 0 Å². The largest absolute Gasteiger partial charge is 0.445 e. The second-order valence-electron chi connectivity index (χ2n) is 7.59. The molecule has 2 heterocycles. The van der Waals surface area contributed by atoms with Crippen molar-refractivity contribution in [3.63, 3.8) is 0 Å². The van der Waals surface area contributed by atoms with Crippen molar-refractivity contribution < 1.29 is 14.3 Å². The van der Waals surface area contributed by atoms with Gasteiger partial charge in [-0.25, -0.2) is 4.79 Å². The molecule has 2 aromatic carbocycles. The molecule has 2 aliphatic heterocycles. The first-order chi connectivity index (χ1) is 13.3. The number of hydrogen-bond donors (Lipinski definition) is 0. The van der Waals surface area contributed by atoms with E-state index in [1.54, 1.807) is 0 Å². The zero-order valence-electron chi connectivity index (χ0n) is 15.3. The average molecular weight is 361 g/mol. The fourth-order valence-electron chi connectivity index (χ4n) is 4.28. The number of rotatable bonds is 3. The van der Waals surface area contributed by atoms with E-state index in [1.807, 2.05) is 35.2 Å². The highest BCUT2D eigenvalue weighted by atomic mass is 16.6. The number of ether oxygens (including phenoxy) is 2. The fourth-order valence-corrected chi connectivity index (χ4v) is 4.28. The van der Waals surface area contributed by atoms with Crippen LogP contribution < -0.4 is 0 Å². The Morgan fingerprint density at radius 1 is 1.07 bits per heavy atom. The molecule has 1 aliphatic carbocycles. The zero-order chi connectivity index (χ0) is 18.2. The third-order valence-corrected chi connectivity index (χ3v) is 5.86. The van der Waals surface area contributed by atoms with Crippen LogP contribution in [0.3, 0.4) is 0 Å². The SMILES string of the molecule is O=C(OCc1ccccc1)N1C2C=C(c3ccc4c(c3)CC4)CC1COC2. The maximum absolute atomic E-state index is 12.8.